The first kappa shape index (κ1) is 13.5. The zero-order valence-electron chi connectivity index (χ0n) is 11.1. The largest absolute Gasteiger partial charge is 0.444 e. The Hall–Kier alpha value is -1.58. The van der Waals surface area contributed by atoms with Crippen molar-refractivity contribution in [1.82, 2.24) is 10.3 Å². The molecule has 0 saturated carbocycles. The molecule has 0 aromatic carbocycles. The number of alkyl carbamates (subject to hydrolysis) is 1. The number of ether oxygens (including phenoxy) is 1. The van der Waals surface area contributed by atoms with Crippen LogP contribution in [0.4, 0.5) is 4.79 Å². The van der Waals surface area contributed by atoms with Crippen LogP contribution in [-0.4, -0.2) is 16.7 Å². The molecular weight excluding hydrogens is 216 g/mol. The summed E-state index contributed by atoms with van der Waals surface area (Å²) in [5.74, 6) is 0. The third-order valence-corrected chi connectivity index (χ3v) is 1.96. The van der Waals surface area contributed by atoms with Crippen LogP contribution < -0.4 is 5.32 Å². The maximum atomic E-state index is 11.4. The number of aryl methyl sites for hydroxylation is 2. The van der Waals surface area contributed by atoms with Gasteiger partial charge in [0, 0.05) is 5.69 Å². The van der Waals surface area contributed by atoms with E-state index in [-0.39, 0.29) is 0 Å². The minimum Gasteiger partial charge on any atom is -0.444 e. The van der Waals surface area contributed by atoms with E-state index in [0.29, 0.717) is 6.54 Å². The molecule has 0 radical (unpaired) electrons. The highest BCUT2D eigenvalue weighted by Crippen LogP contribution is 2.07. The monoisotopic (exact) mass is 236 g/mol. The highest BCUT2D eigenvalue weighted by atomic mass is 16.6. The summed E-state index contributed by atoms with van der Waals surface area (Å²) in [7, 11) is 0. The van der Waals surface area contributed by atoms with Crippen LogP contribution in [0.25, 0.3) is 0 Å². The third kappa shape index (κ3) is 5.33. The van der Waals surface area contributed by atoms with E-state index in [4.69, 9.17) is 4.74 Å². The van der Waals surface area contributed by atoms with E-state index in [2.05, 4.69) is 10.3 Å². The second kappa shape index (κ2) is 5.17. The second-order valence-corrected chi connectivity index (χ2v) is 5.13. The summed E-state index contributed by atoms with van der Waals surface area (Å²) < 4.78 is 5.14. The SMILES string of the molecule is Cc1cc(C)nc(CNC(=O)OC(C)(C)C)c1. The zero-order valence-corrected chi connectivity index (χ0v) is 11.1. The maximum absolute atomic E-state index is 11.4. The number of nitrogens with zero attached hydrogens (tertiary/aromatic N) is 1. The highest BCUT2D eigenvalue weighted by molar-refractivity contribution is 5.67. The Morgan fingerprint density at radius 2 is 2.00 bits per heavy atom. The molecule has 0 aliphatic rings. The summed E-state index contributed by atoms with van der Waals surface area (Å²) in [6.45, 7) is 9.83. The Balaban J connectivity index is 2.53. The number of aromatic nitrogens is 1. The fraction of sp³-hybridized carbons (Fsp3) is 0.538. The fourth-order valence-electron chi connectivity index (χ4n) is 1.49. The molecule has 0 aliphatic heterocycles. The van der Waals surface area contributed by atoms with Gasteiger partial charge < -0.3 is 10.1 Å². The molecule has 1 rings (SSSR count). The lowest BCUT2D eigenvalue weighted by atomic mass is 10.2. The van der Waals surface area contributed by atoms with E-state index in [9.17, 15) is 4.79 Å². The molecule has 1 heterocycles. The molecule has 17 heavy (non-hydrogen) atoms. The Morgan fingerprint density at radius 3 is 2.53 bits per heavy atom. The molecule has 0 spiro atoms. The van der Waals surface area contributed by atoms with Crippen molar-refractivity contribution in [2.24, 2.45) is 0 Å². The Morgan fingerprint density at radius 1 is 1.35 bits per heavy atom. The molecule has 0 atom stereocenters. The predicted octanol–water partition coefficient (Wildman–Crippen LogP) is 2.72. The van der Waals surface area contributed by atoms with Gasteiger partial charge in [-0.2, -0.15) is 0 Å². The maximum Gasteiger partial charge on any atom is 0.407 e. The van der Waals surface area contributed by atoms with Crippen molar-refractivity contribution in [3.05, 3.63) is 29.1 Å². The molecule has 0 fully saturated rings. The van der Waals surface area contributed by atoms with Crippen molar-refractivity contribution in [3.8, 4) is 0 Å². The van der Waals surface area contributed by atoms with Crippen molar-refractivity contribution in [2.75, 3.05) is 0 Å². The second-order valence-electron chi connectivity index (χ2n) is 5.13. The molecule has 1 amide bonds. The quantitative estimate of drug-likeness (QED) is 0.859. The number of carbonyl (C=O) groups is 1. The number of rotatable bonds is 2. The topological polar surface area (TPSA) is 51.2 Å². The molecule has 1 N–H and O–H groups in total. The van der Waals surface area contributed by atoms with Crippen molar-refractivity contribution < 1.29 is 9.53 Å². The standard InChI is InChI=1S/C13H20N2O2/c1-9-6-10(2)15-11(7-9)8-14-12(16)17-13(3,4)5/h6-7H,8H2,1-5H3,(H,14,16). The van der Waals surface area contributed by atoms with Crippen LogP contribution >= 0.6 is 0 Å². The van der Waals surface area contributed by atoms with Crippen LogP contribution in [0.1, 0.15) is 37.7 Å². The van der Waals surface area contributed by atoms with Gasteiger partial charge in [-0.25, -0.2) is 4.79 Å². The van der Waals surface area contributed by atoms with Crippen molar-refractivity contribution >= 4 is 6.09 Å². The van der Waals surface area contributed by atoms with Gasteiger partial charge in [-0.15, -0.1) is 0 Å². The minimum absolute atomic E-state index is 0.386. The first-order valence-electron chi connectivity index (χ1n) is 5.67. The predicted molar refractivity (Wildman–Crippen MR) is 66.8 cm³/mol. The number of hydrogen-bond donors (Lipinski definition) is 1. The number of nitrogens with one attached hydrogen (secondary N) is 1. The van der Waals surface area contributed by atoms with Gasteiger partial charge in [0.05, 0.1) is 12.2 Å². The van der Waals surface area contributed by atoms with E-state index in [1.807, 2.05) is 46.8 Å². The van der Waals surface area contributed by atoms with Gasteiger partial charge in [0.1, 0.15) is 5.60 Å². The van der Waals surface area contributed by atoms with Crippen LogP contribution in [0.15, 0.2) is 12.1 Å². The first-order valence-corrected chi connectivity index (χ1v) is 5.67. The number of amides is 1. The van der Waals surface area contributed by atoms with E-state index < -0.39 is 11.7 Å². The highest BCUT2D eigenvalue weighted by Gasteiger charge is 2.15. The summed E-state index contributed by atoms with van der Waals surface area (Å²) >= 11 is 0. The van der Waals surface area contributed by atoms with Crippen molar-refractivity contribution in [2.45, 2.75) is 46.8 Å². The molecule has 0 saturated heterocycles. The summed E-state index contributed by atoms with van der Waals surface area (Å²) in [5.41, 5.74) is 2.46. The minimum atomic E-state index is -0.472. The van der Waals surface area contributed by atoms with Crippen LogP contribution in [-0.2, 0) is 11.3 Å². The zero-order chi connectivity index (χ0) is 13.1. The summed E-state index contributed by atoms with van der Waals surface area (Å²) in [4.78, 5) is 15.8. The Kier molecular flexibility index (Phi) is 4.10. The van der Waals surface area contributed by atoms with Gasteiger partial charge in [-0.3, -0.25) is 4.98 Å². The van der Waals surface area contributed by atoms with Crippen LogP contribution in [0.2, 0.25) is 0 Å². The summed E-state index contributed by atoms with van der Waals surface area (Å²) in [6, 6.07) is 3.95. The van der Waals surface area contributed by atoms with Gasteiger partial charge in [0.15, 0.2) is 0 Å². The molecule has 94 valence electrons. The number of pyridine rings is 1. The van der Waals surface area contributed by atoms with Gasteiger partial charge >= 0.3 is 6.09 Å². The normalized spacial score (nSPS) is 11.1. The Bertz CT molecular complexity index is 388. The van der Waals surface area contributed by atoms with E-state index in [1.165, 1.54) is 0 Å². The Labute approximate surface area is 102 Å². The van der Waals surface area contributed by atoms with E-state index in [1.54, 1.807) is 0 Å². The average Bonchev–Trinajstić information content (AvgIpc) is 2.10. The van der Waals surface area contributed by atoms with Gasteiger partial charge in [0.25, 0.3) is 0 Å². The average molecular weight is 236 g/mol. The van der Waals surface area contributed by atoms with E-state index in [0.717, 1.165) is 17.0 Å². The molecule has 0 aliphatic carbocycles. The lowest BCUT2D eigenvalue weighted by molar-refractivity contribution is 0.0523. The fourth-order valence-corrected chi connectivity index (χ4v) is 1.49. The van der Waals surface area contributed by atoms with Crippen molar-refractivity contribution in [3.63, 3.8) is 0 Å². The smallest absolute Gasteiger partial charge is 0.407 e. The third-order valence-electron chi connectivity index (χ3n) is 1.96. The summed E-state index contributed by atoms with van der Waals surface area (Å²) in [6.07, 6.45) is -0.418. The first-order chi connectivity index (χ1) is 7.76. The summed E-state index contributed by atoms with van der Waals surface area (Å²) in [5, 5.41) is 2.69. The van der Waals surface area contributed by atoms with Gasteiger partial charge in [-0.05, 0) is 52.3 Å². The van der Waals surface area contributed by atoms with Gasteiger partial charge in [-0.1, -0.05) is 0 Å². The van der Waals surface area contributed by atoms with E-state index >= 15 is 0 Å². The molecule has 0 bridgehead atoms. The molecule has 4 heteroatoms. The molecule has 4 nitrogen and oxygen atoms in total. The molecule has 0 unspecified atom stereocenters. The molecule has 1 aromatic heterocycles. The van der Waals surface area contributed by atoms with Gasteiger partial charge in [0.2, 0.25) is 0 Å². The van der Waals surface area contributed by atoms with Crippen LogP contribution in [0, 0.1) is 13.8 Å². The lowest BCUT2D eigenvalue weighted by Crippen LogP contribution is -2.32. The van der Waals surface area contributed by atoms with Crippen LogP contribution in [0.5, 0.6) is 0 Å². The van der Waals surface area contributed by atoms with Crippen LogP contribution in [0.3, 0.4) is 0 Å². The number of hydrogen-bond acceptors (Lipinski definition) is 3. The molecular formula is C13H20N2O2. The number of carbonyl (C=O) groups excluding carboxylic acids is 1. The lowest BCUT2D eigenvalue weighted by Gasteiger charge is -2.19. The molecule has 1 aromatic rings. The van der Waals surface area contributed by atoms with Crippen molar-refractivity contribution in [1.29, 1.82) is 0 Å².